The van der Waals surface area contributed by atoms with Crippen molar-refractivity contribution in [3.8, 4) is 29.6 Å². The second kappa shape index (κ2) is 12.8. The van der Waals surface area contributed by atoms with Gasteiger partial charge in [0.1, 0.15) is 11.5 Å². The van der Waals surface area contributed by atoms with Crippen LogP contribution in [0.25, 0.3) is 0 Å². The highest BCUT2D eigenvalue weighted by Gasteiger charge is 2.21. The number of rotatable bonds is 4. The van der Waals surface area contributed by atoms with Crippen molar-refractivity contribution in [2.45, 2.75) is 58.9 Å². The molecule has 2 aromatic carbocycles. The van der Waals surface area contributed by atoms with Crippen LogP contribution in [0.1, 0.15) is 56.7 Å². The first-order valence-electron chi connectivity index (χ1n) is 10.4. The Morgan fingerprint density at radius 3 is 2.33 bits per heavy atom. The molecule has 30 heavy (non-hydrogen) atoms. The summed E-state index contributed by atoms with van der Waals surface area (Å²) in [5.74, 6) is 2.19. The third-order valence-corrected chi connectivity index (χ3v) is 5.08. The van der Waals surface area contributed by atoms with Crippen LogP contribution in [0.5, 0.6) is 17.2 Å². The van der Waals surface area contributed by atoms with Gasteiger partial charge in [0, 0.05) is 17.7 Å². The van der Waals surface area contributed by atoms with Crippen molar-refractivity contribution in [1.29, 1.82) is 0 Å². The molecule has 4 nitrogen and oxygen atoms in total. The van der Waals surface area contributed by atoms with E-state index in [1.165, 1.54) is 37.5 Å². The molecule has 4 N–H and O–H groups in total. The molecule has 1 aliphatic carbocycles. The third-order valence-electron chi connectivity index (χ3n) is 5.08. The van der Waals surface area contributed by atoms with E-state index in [-0.39, 0.29) is 17.2 Å². The molecule has 2 unspecified atom stereocenters. The Bertz CT molecular complexity index is 841. The maximum Gasteiger partial charge on any atom is 0.166 e. The van der Waals surface area contributed by atoms with Gasteiger partial charge >= 0.3 is 0 Å². The molecule has 0 amide bonds. The van der Waals surface area contributed by atoms with E-state index in [2.05, 4.69) is 32.0 Å². The Kier molecular flexibility index (Phi) is 10.8. The maximum atomic E-state index is 12.4. The molecule has 2 aromatic rings. The van der Waals surface area contributed by atoms with Crippen molar-refractivity contribution in [1.82, 2.24) is 5.32 Å². The fourth-order valence-corrected chi connectivity index (χ4v) is 3.41. The van der Waals surface area contributed by atoms with Gasteiger partial charge < -0.3 is 20.6 Å². The van der Waals surface area contributed by atoms with Gasteiger partial charge in [-0.15, -0.1) is 6.42 Å². The average Bonchev–Trinajstić information content (AvgIpc) is 3.09. The van der Waals surface area contributed by atoms with Crippen LogP contribution in [0, 0.1) is 24.1 Å². The van der Waals surface area contributed by atoms with Gasteiger partial charge in [-0.25, -0.2) is 4.39 Å². The summed E-state index contributed by atoms with van der Waals surface area (Å²) in [6.07, 6.45) is 10.7. The van der Waals surface area contributed by atoms with E-state index in [0.29, 0.717) is 11.5 Å². The predicted molar refractivity (Wildman–Crippen MR) is 120 cm³/mol. The molecule has 5 heteroatoms. The van der Waals surface area contributed by atoms with Crippen LogP contribution in [0.4, 0.5) is 4.39 Å². The number of nitrogens with one attached hydrogen (secondary N) is 1. The Labute approximate surface area is 179 Å². The summed E-state index contributed by atoms with van der Waals surface area (Å²) in [6, 6.07) is 7.72. The van der Waals surface area contributed by atoms with Gasteiger partial charge in [-0.05, 0) is 74.0 Å². The summed E-state index contributed by atoms with van der Waals surface area (Å²) in [6.45, 7) is 6.59. The SMILES string of the molecule is C#Cc1ccc(O)c(F)c1.CC1Cc2cc(O)cc(O)c2C1.CCCC(CC)NC. The monoisotopic (exact) mass is 415 g/mol. The molecule has 2 atom stereocenters. The summed E-state index contributed by atoms with van der Waals surface area (Å²) in [4.78, 5) is 0. The van der Waals surface area contributed by atoms with Crippen LogP contribution in [0.3, 0.4) is 0 Å². The number of aromatic hydroxyl groups is 3. The van der Waals surface area contributed by atoms with E-state index in [1.54, 1.807) is 6.07 Å². The summed E-state index contributed by atoms with van der Waals surface area (Å²) in [7, 11) is 2.03. The summed E-state index contributed by atoms with van der Waals surface area (Å²) < 4.78 is 12.4. The zero-order chi connectivity index (χ0) is 22.7. The van der Waals surface area contributed by atoms with Gasteiger partial charge in [-0.1, -0.05) is 33.1 Å². The van der Waals surface area contributed by atoms with Crippen molar-refractivity contribution < 1.29 is 19.7 Å². The van der Waals surface area contributed by atoms with Gasteiger partial charge in [-0.3, -0.25) is 0 Å². The number of terminal acetylenes is 1. The topological polar surface area (TPSA) is 72.7 Å². The minimum atomic E-state index is -0.685. The van der Waals surface area contributed by atoms with Crippen LogP contribution in [0.2, 0.25) is 0 Å². The van der Waals surface area contributed by atoms with Crippen molar-refractivity contribution >= 4 is 0 Å². The van der Waals surface area contributed by atoms with Crippen molar-refractivity contribution in [2.75, 3.05) is 7.05 Å². The first kappa shape index (κ1) is 25.3. The molecule has 164 valence electrons. The molecule has 1 aliphatic rings. The molecule has 0 radical (unpaired) electrons. The van der Waals surface area contributed by atoms with E-state index >= 15 is 0 Å². The summed E-state index contributed by atoms with van der Waals surface area (Å²) in [5, 5.41) is 30.6. The highest BCUT2D eigenvalue weighted by Crippen LogP contribution is 2.35. The van der Waals surface area contributed by atoms with Crippen molar-refractivity contribution in [2.24, 2.45) is 5.92 Å². The quantitative estimate of drug-likeness (QED) is 0.523. The van der Waals surface area contributed by atoms with Crippen molar-refractivity contribution in [3.05, 3.63) is 52.8 Å². The zero-order valence-corrected chi connectivity index (χ0v) is 18.4. The van der Waals surface area contributed by atoms with Crippen LogP contribution in [-0.4, -0.2) is 28.4 Å². The normalized spacial score (nSPS) is 15.0. The molecule has 0 aliphatic heterocycles. The lowest BCUT2D eigenvalue weighted by Crippen LogP contribution is -2.23. The van der Waals surface area contributed by atoms with E-state index in [0.717, 1.165) is 36.1 Å². The Hall–Kier alpha value is -2.71. The lowest BCUT2D eigenvalue weighted by molar-refractivity contribution is 0.432. The van der Waals surface area contributed by atoms with E-state index in [9.17, 15) is 14.6 Å². The number of phenolic OH excluding ortho intramolecular Hbond substituents is 3. The zero-order valence-electron chi connectivity index (χ0n) is 18.4. The number of hydrogen-bond acceptors (Lipinski definition) is 4. The highest BCUT2D eigenvalue weighted by molar-refractivity contribution is 5.47. The molecule has 0 saturated heterocycles. The van der Waals surface area contributed by atoms with E-state index in [1.807, 2.05) is 7.05 Å². The fraction of sp³-hybridized carbons (Fsp3) is 0.440. The molecule has 0 spiro atoms. The molecule has 0 fully saturated rings. The molecule has 3 rings (SSSR count). The highest BCUT2D eigenvalue weighted by atomic mass is 19.1. The van der Waals surface area contributed by atoms with E-state index < -0.39 is 5.82 Å². The Balaban J connectivity index is 0.000000231. The third kappa shape index (κ3) is 7.96. The smallest absolute Gasteiger partial charge is 0.166 e. The second-order valence-electron chi connectivity index (χ2n) is 7.61. The first-order chi connectivity index (χ1) is 14.2. The van der Waals surface area contributed by atoms with Crippen molar-refractivity contribution in [3.63, 3.8) is 0 Å². The van der Waals surface area contributed by atoms with Crippen LogP contribution in [0.15, 0.2) is 30.3 Å². The van der Waals surface area contributed by atoms with Crippen LogP contribution >= 0.6 is 0 Å². The Morgan fingerprint density at radius 2 is 1.83 bits per heavy atom. The number of halogens is 1. The molecule has 0 bridgehead atoms. The number of fused-ring (bicyclic) bond motifs is 1. The predicted octanol–water partition coefficient (Wildman–Crippen LogP) is 5.13. The second-order valence-corrected chi connectivity index (χ2v) is 7.61. The first-order valence-corrected chi connectivity index (χ1v) is 10.4. The minimum absolute atomic E-state index is 0.167. The number of benzene rings is 2. The summed E-state index contributed by atoms with van der Waals surface area (Å²) >= 11 is 0. The Morgan fingerprint density at radius 1 is 1.13 bits per heavy atom. The van der Waals surface area contributed by atoms with E-state index in [4.69, 9.17) is 11.5 Å². The fourth-order valence-electron chi connectivity index (χ4n) is 3.41. The van der Waals surface area contributed by atoms with Gasteiger partial charge in [0.15, 0.2) is 11.6 Å². The molecule has 0 saturated carbocycles. The largest absolute Gasteiger partial charge is 0.508 e. The molecular weight excluding hydrogens is 381 g/mol. The standard InChI is InChI=1S/C10H12O2.C8H5FO.C7H17N/c1-6-2-7-4-8(11)5-10(12)9(7)3-6;1-2-6-3-4-8(10)7(9)5-6;1-4-6-7(5-2)8-3/h4-6,11-12H,2-3H2,1H3;1,3-5,10H;7-8H,4-6H2,1-3H3. The van der Waals surface area contributed by atoms with Crippen LogP contribution in [-0.2, 0) is 12.8 Å². The van der Waals surface area contributed by atoms with Crippen LogP contribution < -0.4 is 5.32 Å². The van der Waals surface area contributed by atoms with Gasteiger partial charge in [0.05, 0.1) is 0 Å². The molecule has 0 heterocycles. The van der Waals surface area contributed by atoms with Gasteiger partial charge in [0.2, 0.25) is 0 Å². The lowest BCUT2D eigenvalue weighted by atomic mass is 10.1. The number of phenols is 3. The lowest BCUT2D eigenvalue weighted by Gasteiger charge is -2.10. The number of hydrogen-bond donors (Lipinski definition) is 4. The van der Waals surface area contributed by atoms with Gasteiger partial charge in [0.25, 0.3) is 0 Å². The average molecular weight is 416 g/mol. The minimum Gasteiger partial charge on any atom is -0.508 e. The molecular formula is C25H34FNO3. The van der Waals surface area contributed by atoms with Gasteiger partial charge in [-0.2, -0.15) is 0 Å². The summed E-state index contributed by atoms with van der Waals surface area (Å²) in [5.41, 5.74) is 2.54. The maximum absolute atomic E-state index is 12.4. The molecule has 0 aromatic heterocycles.